The second-order valence-electron chi connectivity index (χ2n) is 6.97. The van der Waals surface area contributed by atoms with Crippen LogP contribution in [0.3, 0.4) is 0 Å². The van der Waals surface area contributed by atoms with Crippen LogP contribution in [0.5, 0.6) is 11.5 Å². The molecule has 32 heavy (non-hydrogen) atoms. The van der Waals surface area contributed by atoms with Gasteiger partial charge in [0.15, 0.2) is 0 Å². The SMILES string of the molecule is Cc1ccc(-n2nc(-c3cccc(OC(F)F)c3)cc2-c2cccc(OC(F)F)c2)cc1. The van der Waals surface area contributed by atoms with E-state index in [0.29, 0.717) is 22.5 Å². The van der Waals surface area contributed by atoms with Crippen molar-refractivity contribution in [3.8, 4) is 39.7 Å². The van der Waals surface area contributed by atoms with E-state index in [1.807, 2.05) is 31.2 Å². The van der Waals surface area contributed by atoms with E-state index in [9.17, 15) is 17.6 Å². The molecule has 0 amide bonds. The van der Waals surface area contributed by atoms with Gasteiger partial charge in [0.05, 0.1) is 17.1 Å². The molecule has 4 aromatic rings. The van der Waals surface area contributed by atoms with E-state index in [2.05, 4.69) is 14.6 Å². The maximum atomic E-state index is 12.7. The first kappa shape index (κ1) is 21.4. The highest BCUT2D eigenvalue weighted by atomic mass is 19.3. The van der Waals surface area contributed by atoms with E-state index in [0.717, 1.165) is 11.3 Å². The fourth-order valence-electron chi connectivity index (χ4n) is 3.27. The van der Waals surface area contributed by atoms with Crippen LogP contribution in [0.25, 0.3) is 28.2 Å². The monoisotopic (exact) mass is 442 g/mol. The zero-order chi connectivity index (χ0) is 22.7. The predicted molar refractivity (Wildman–Crippen MR) is 112 cm³/mol. The molecule has 4 nitrogen and oxygen atoms in total. The number of rotatable bonds is 7. The summed E-state index contributed by atoms with van der Waals surface area (Å²) in [7, 11) is 0. The molecule has 0 saturated heterocycles. The highest BCUT2D eigenvalue weighted by Crippen LogP contribution is 2.32. The topological polar surface area (TPSA) is 36.3 Å². The normalized spacial score (nSPS) is 11.2. The average molecular weight is 442 g/mol. The quantitative estimate of drug-likeness (QED) is 0.298. The molecule has 0 spiro atoms. The van der Waals surface area contributed by atoms with E-state index < -0.39 is 13.2 Å². The highest BCUT2D eigenvalue weighted by molar-refractivity contribution is 5.72. The lowest BCUT2D eigenvalue weighted by Gasteiger charge is -2.10. The minimum Gasteiger partial charge on any atom is -0.435 e. The number of hydrogen-bond acceptors (Lipinski definition) is 3. The Morgan fingerprint density at radius 2 is 1.28 bits per heavy atom. The Kier molecular flexibility index (Phi) is 6.11. The van der Waals surface area contributed by atoms with Gasteiger partial charge >= 0.3 is 13.2 Å². The van der Waals surface area contributed by atoms with E-state index in [-0.39, 0.29) is 11.5 Å². The van der Waals surface area contributed by atoms with E-state index in [1.165, 1.54) is 24.3 Å². The fourth-order valence-corrected chi connectivity index (χ4v) is 3.27. The summed E-state index contributed by atoms with van der Waals surface area (Å²) >= 11 is 0. The van der Waals surface area contributed by atoms with E-state index >= 15 is 0 Å². The summed E-state index contributed by atoms with van der Waals surface area (Å²) in [6, 6.07) is 21.9. The van der Waals surface area contributed by atoms with E-state index in [4.69, 9.17) is 0 Å². The number of benzene rings is 3. The van der Waals surface area contributed by atoms with Crippen molar-refractivity contribution in [2.75, 3.05) is 0 Å². The van der Waals surface area contributed by atoms with Crippen LogP contribution < -0.4 is 9.47 Å². The van der Waals surface area contributed by atoms with Crippen LogP contribution in [0.15, 0.2) is 78.9 Å². The number of alkyl halides is 4. The Morgan fingerprint density at radius 1 is 0.719 bits per heavy atom. The first-order valence-electron chi connectivity index (χ1n) is 9.66. The van der Waals surface area contributed by atoms with Crippen LogP contribution in [0.4, 0.5) is 17.6 Å². The first-order valence-corrected chi connectivity index (χ1v) is 9.66. The lowest BCUT2D eigenvalue weighted by molar-refractivity contribution is -0.0505. The maximum absolute atomic E-state index is 12.7. The van der Waals surface area contributed by atoms with Crippen molar-refractivity contribution in [1.82, 2.24) is 9.78 Å². The smallest absolute Gasteiger partial charge is 0.387 e. The van der Waals surface area contributed by atoms with Gasteiger partial charge in [0.1, 0.15) is 11.5 Å². The molecule has 1 aromatic heterocycles. The number of aryl methyl sites for hydroxylation is 1. The predicted octanol–water partition coefficient (Wildman–Crippen LogP) is 6.72. The highest BCUT2D eigenvalue weighted by Gasteiger charge is 2.16. The number of halogens is 4. The summed E-state index contributed by atoms with van der Waals surface area (Å²) in [6.07, 6.45) is 0. The number of ether oxygens (including phenoxy) is 2. The molecular formula is C24H18F4N2O2. The molecule has 4 rings (SSSR count). The molecule has 0 bridgehead atoms. The van der Waals surface area contributed by atoms with Crippen molar-refractivity contribution in [2.45, 2.75) is 20.1 Å². The van der Waals surface area contributed by atoms with Crippen molar-refractivity contribution in [3.05, 3.63) is 84.4 Å². The third-order valence-electron chi connectivity index (χ3n) is 4.70. The largest absolute Gasteiger partial charge is 0.435 e. The molecule has 0 unspecified atom stereocenters. The summed E-state index contributed by atoms with van der Waals surface area (Å²) in [4.78, 5) is 0. The molecule has 0 atom stereocenters. The summed E-state index contributed by atoms with van der Waals surface area (Å²) in [5, 5.41) is 4.65. The van der Waals surface area contributed by atoms with Gasteiger partial charge in [-0.3, -0.25) is 0 Å². The zero-order valence-corrected chi connectivity index (χ0v) is 16.9. The van der Waals surface area contributed by atoms with Crippen molar-refractivity contribution in [1.29, 1.82) is 0 Å². The third kappa shape index (κ3) is 4.91. The fraction of sp³-hybridized carbons (Fsp3) is 0.125. The standard InChI is InChI=1S/C24H18F4N2O2/c1-15-8-10-18(11-9-15)30-22(17-5-3-7-20(13-17)32-24(27)28)14-21(29-30)16-4-2-6-19(12-16)31-23(25)26/h2-14,23-24H,1H3. The Morgan fingerprint density at radius 3 is 1.88 bits per heavy atom. The van der Waals surface area contributed by atoms with Crippen LogP contribution >= 0.6 is 0 Å². The molecule has 0 radical (unpaired) electrons. The molecule has 0 fully saturated rings. The number of aromatic nitrogens is 2. The molecule has 1 heterocycles. The van der Waals surface area contributed by atoms with Gasteiger partial charge < -0.3 is 9.47 Å². The van der Waals surface area contributed by atoms with Crippen molar-refractivity contribution in [2.24, 2.45) is 0 Å². The molecular weight excluding hydrogens is 424 g/mol. The van der Waals surface area contributed by atoms with Crippen LogP contribution in [-0.2, 0) is 0 Å². The Labute approximate surface area is 181 Å². The second kappa shape index (κ2) is 9.13. The first-order chi connectivity index (χ1) is 15.4. The van der Waals surface area contributed by atoms with Gasteiger partial charge in [0.2, 0.25) is 0 Å². The second-order valence-corrected chi connectivity index (χ2v) is 6.97. The van der Waals surface area contributed by atoms with E-state index in [1.54, 1.807) is 35.0 Å². The molecule has 0 aliphatic rings. The molecule has 0 aliphatic carbocycles. The van der Waals surface area contributed by atoms with Crippen LogP contribution in [0, 0.1) is 6.92 Å². The summed E-state index contributed by atoms with van der Waals surface area (Å²) < 4.78 is 61.3. The van der Waals surface area contributed by atoms with Crippen molar-refractivity contribution >= 4 is 0 Å². The minimum atomic E-state index is -2.94. The van der Waals surface area contributed by atoms with Gasteiger partial charge in [-0.05, 0) is 49.4 Å². The molecule has 164 valence electrons. The number of hydrogen-bond donors (Lipinski definition) is 0. The van der Waals surface area contributed by atoms with Crippen molar-refractivity contribution < 1.29 is 27.0 Å². The Bertz CT molecular complexity index is 1210. The summed E-state index contributed by atoms with van der Waals surface area (Å²) in [5.74, 6) is 0.0271. The maximum Gasteiger partial charge on any atom is 0.387 e. The van der Waals surface area contributed by atoms with Crippen LogP contribution in [0.1, 0.15) is 5.56 Å². The Hall–Kier alpha value is -3.81. The lowest BCUT2D eigenvalue weighted by Crippen LogP contribution is -2.02. The minimum absolute atomic E-state index is 0.0104. The third-order valence-corrected chi connectivity index (χ3v) is 4.70. The van der Waals surface area contributed by atoms with Gasteiger partial charge in [-0.15, -0.1) is 0 Å². The van der Waals surface area contributed by atoms with Crippen LogP contribution in [0.2, 0.25) is 0 Å². The number of nitrogens with zero attached hydrogens (tertiary/aromatic N) is 2. The summed E-state index contributed by atoms with van der Waals surface area (Å²) in [6.45, 7) is -3.93. The molecule has 3 aromatic carbocycles. The lowest BCUT2D eigenvalue weighted by atomic mass is 10.1. The molecule has 8 heteroatoms. The van der Waals surface area contributed by atoms with Gasteiger partial charge in [0.25, 0.3) is 0 Å². The van der Waals surface area contributed by atoms with Gasteiger partial charge in [-0.25, -0.2) is 4.68 Å². The van der Waals surface area contributed by atoms with Crippen LogP contribution in [-0.4, -0.2) is 23.0 Å². The Balaban J connectivity index is 1.82. The summed E-state index contributed by atoms with van der Waals surface area (Å²) in [5.41, 5.74) is 4.09. The zero-order valence-electron chi connectivity index (χ0n) is 16.9. The van der Waals surface area contributed by atoms with Gasteiger partial charge in [-0.2, -0.15) is 22.7 Å². The van der Waals surface area contributed by atoms with Crippen molar-refractivity contribution in [3.63, 3.8) is 0 Å². The van der Waals surface area contributed by atoms with Gasteiger partial charge in [-0.1, -0.05) is 42.0 Å². The molecule has 0 N–H and O–H groups in total. The van der Waals surface area contributed by atoms with Gasteiger partial charge in [0, 0.05) is 11.1 Å². The molecule has 0 aliphatic heterocycles. The average Bonchev–Trinajstić information content (AvgIpc) is 3.19. The molecule has 0 saturated carbocycles.